The largest absolute Gasteiger partial charge is 0.383 e. The lowest BCUT2D eigenvalue weighted by Gasteiger charge is -2.10. The van der Waals surface area contributed by atoms with Crippen molar-refractivity contribution in [2.75, 3.05) is 17.6 Å². The van der Waals surface area contributed by atoms with Crippen LogP contribution in [0, 0.1) is 17.1 Å². The van der Waals surface area contributed by atoms with Crippen LogP contribution in [0.2, 0.25) is 0 Å². The molecule has 1 aromatic carbocycles. The maximum atomic E-state index is 13.3. The molecule has 0 aliphatic carbocycles. The van der Waals surface area contributed by atoms with Crippen molar-refractivity contribution in [2.45, 2.75) is 19.1 Å². The molecule has 0 unspecified atom stereocenters. The second kappa shape index (κ2) is 5.83. The summed E-state index contributed by atoms with van der Waals surface area (Å²) in [7, 11) is -3.14. The molecule has 0 aliphatic heterocycles. The van der Waals surface area contributed by atoms with E-state index in [1.54, 1.807) is 26.0 Å². The van der Waals surface area contributed by atoms with E-state index in [0.29, 0.717) is 5.69 Å². The lowest BCUT2D eigenvalue weighted by molar-refractivity contribution is 0.588. The van der Waals surface area contributed by atoms with E-state index in [4.69, 9.17) is 5.26 Å². The van der Waals surface area contributed by atoms with Gasteiger partial charge >= 0.3 is 0 Å². The smallest absolute Gasteiger partial charge is 0.154 e. The maximum Gasteiger partial charge on any atom is 0.154 e. The molecule has 0 heterocycles. The van der Waals surface area contributed by atoms with E-state index in [2.05, 4.69) is 5.32 Å². The van der Waals surface area contributed by atoms with Gasteiger partial charge in [0, 0.05) is 6.54 Å². The van der Waals surface area contributed by atoms with Crippen molar-refractivity contribution in [3.05, 3.63) is 29.6 Å². The van der Waals surface area contributed by atoms with Gasteiger partial charge in [0.25, 0.3) is 0 Å². The normalized spacial score (nSPS) is 11.3. The zero-order valence-corrected chi connectivity index (χ0v) is 11.1. The Hall–Kier alpha value is -1.61. The average molecular weight is 270 g/mol. The Morgan fingerprint density at radius 3 is 2.67 bits per heavy atom. The van der Waals surface area contributed by atoms with Gasteiger partial charge in [-0.15, -0.1) is 0 Å². The van der Waals surface area contributed by atoms with Crippen molar-refractivity contribution >= 4 is 15.5 Å². The zero-order valence-electron chi connectivity index (χ0n) is 10.3. The standard InChI is InChI=1S/C12H15FN2O2S/c1-9(2)18(16,17)7-6-15-12-5-3-4-11(13)10(12)8-14/h3-5,9,15H,6-7H2,1-2H3. The minimum absolute atomic E-state index is 0.0496. The molecule has 0 fully saturated rings. The van der Waals surface area contributed by atoms with Crippen molar-refractivity contribution in [2.24, 2.45) is 0 Å². The predicted octanol–water partition coefficient (Wildman–Crippen LogP) is 1.93. The molecule has 1 aromatic rings. The Morgan fingerprint density at radius 2 is 2.11 bits per heavy atom. The second-order valence-corrected chi connectivity index (χ2v) is 6.79. The van der Waals surface area contributed by atoms with E-state index in [9.17, 15) is 12.8 Å². The van der Waals surface area contributed by atoms with Crippen molar-refractivity contribution in [1.82, 2.24) is 0 Å². The highest BCUT2D eigenvalue weighted by Crippen LogP contribution is 2.17. The van der Waals surface area contributed by atoms with Crippen LogP contribution < -0.4 is 5.32 Å². The Bertz CT molecular complexity index is 562. The first kappa shape index (κ1) is 14.5. The third-order valence-corrected chi connectivity index (χ3v) is 4.76. The van der Waals surface area contributed by atoms with Crippen LogP contribution in [0.15, 0.2) is 18.2 Å². The summed E-state index contributed by atoms with van der Waals surface area (Å²) in [5, 5.41) is 11.1. The molecule has 0 radical (unpaired) electrons. The summed E-state index contributed by atoms with van der Waals surface area (Å²) in [6.07, 6.45) is 0. The molecule has 0 aromatic heterocycles. The van der Waals surface area contributed by atoms with Crippen LogP contribution in [0.5, 0.6) is 0 Å². The molecule has 1 rings (SSSR count). The number of anilines is 1. The molecular formula is C12H15FN2O2S. The number of rotatable bonds is 5. The number of nitriles is 1. The molecule has 18 heavy (non-hydrogen) atoms. The third kappa shape index (κ3) is 3.44. The summed E-state index contributed by atoms with van der Waals surface area (Å²) in [5.74, 6) is -0.666. The number of hydrogen-bond acceptors (Lipinski definition) is 4. The molecule has 0 aliphatic rings. The number of benzene rings is 1. The molecule has 98 valence electrons. The van der Waals surface area contributed by atoms with Gasteiger partial charge in [0.2, 0.25) is 0 Å². The summed E-state index contributed by atoms with van der Waals surface area (Å²) in [6, 6.07) is 5.95. The van der Waals surface area contributed by atoms with Crippen molar-refractivity contribution in [3.63, 3.8) is 0 Å². The molecule has 6 heteroatoms. The number of nitrogens with one attached hydrogen (secondary N) is 1. The van der Waals surface area contributed by atoms with Crippen LogP contribution >= 0.6 is 0 Å². The Morgan fingerprint density at radius 1 is 1.44 bits per heavy atom. The molecule has 1 N–H and O–H groups in total. The molecule has 0 atom stereocenters. The highest BCUT2D eigenvalue weighted by atomic mass is 32.2. The summed E-state index contributed by atoms with van der Waals surface area (Å²) in [4.78, 5) is 0. The van der Waals surface area contributed by atoms with Crippen LogP contribution in [-0.2, 0) is 9.84 Å². The van der Waals surface area contributed by atoms with E-state index >= 15 is 0 Å². The Balaban J connectivity index is 2.72. The monoisotopic (exact) mass is 270 g/mol. The highest BCUT2D eigenvalue weighted by Gasteiger charge is 2.15. The van der Waals surface area contributed by atoms with Crippen molar-refractivity contribution in [3.8, 4) is 6.07 Å². The van der Waals surface area contributed by atoms with Gasteiger partial charge in [0.05, 0.1) is 16.7 Å². The predicted molar refractivity (Wildman–Crippen MR) is 68.5 cm³/mol. The van der Waals surface area contributed by atoms with Crippen LogP contribution in [0.4, 0.5) is 10.1 Å². The molecular weight excluding hydrogens is 255 g/mol. The lowest BCUT2D eigenvalue weighted by atomic mass is 10.2. The van der Waals surface area contributed by atoms with Gasteiger partial charge in [-0.1, -0.05) is 6.07 Å². The Kier molecular flexibility index (Phi) is 4.68. The summed E-state index contributed by atoms with van der Waals surface area (Å²) in [6.45, 7) is 3.37. The van der Waals surface area contributed by atoms with Crippen LogP contribution in [0.25, 0.3) is 0 Å². The Labute approximate surface area is 106 Å². The van der Waals surface area contributed by atoms with E-state index in [0.717, 1.165) is 0 Å². The van der Waals surface area contributed by atoms with E-state index in [1.807, 2.05) is 0 Å². The minimum atomic E-state index is -3.14. The molecule has 4 nitrogen and oxygen atoms in total. The van der Waals surface area contributed by atoms with Gasteiger partial charge in [0.15, 0.2) is 9.84 Å². The number of halogens is 1. The fraction of sp³-hybridized carbons (Fsp3) is 0.417. The first-order valence-electron chi connectivity index (χ1n) is 5.52. The van der Waals surface area contributed by atoms with Gasteiger partial charge < -0.3 is 5.32 Å². The van der Waals surface area contributed by atoms with Crippen molar-refractivity contribution < 1.29 is 12.8 Å². The second-order valence-electron chi connectivity index (χ2n) is 4.12. The summed E-state index contributed by atoms with van der Waals surface area (Å²) < 4.78 is 36.4. The van der Waals surface area contributed by atoms with Gasteiger partial charge in [-0.2, -0.15) is 5.26 Å². The fourth-order valence-corrected chi connectivity index (χ4v) is 2.21. The summed E-state index contributed by atoms with van der Waals surface area (Å²) >= 11 is 0. The zero-order chi connectivity index (χ0) is 13.8. The molecule has 0 bridgehead atoms. The number of nitrogens with zero attached hydrogens (tertiary/aromatic N) is 1. The van der Waals surface area contributed by atoms with Gasteiger partial charge in [-0.05, 0) is 26.0 Å². The van der Waals surface area contributed by atoms with Gasteiger partial charge in [-0.3, -0.25) is 0 Å². The third-order valence-electron chi connectivity index (χ3n) is 2.55. The van der Waals surface area contributed by atoms with Crippen LogP contribution in [0.1, 0.15) is 19.4 Å². The molecule has 0 spiro atoms. The quantitative estimate of drug-likeness (QED) is 0.887. The lowest BCUT2D eigenvalue weighted by Crippen LogP contribution is -2.23. The number of sulfone groups is 1. The SMILES string of the molecule is CC(C)S(=O)(=O)CCNc1cccc(F)c1C#N. The first-order chi connectivity index (χ1) is 8.38. The fourth-order valence-electron chi connectivity index (χ4n) is 1.35. The van der Waals surface area contributed by atoms with E-state index in [-0.39, 0.29) is 17.9 Å². The highest BCUT2D eigenvalue weighted by molar-refractivity contribution is 7.92. The van der Waals surface area contributed by atoms with Crippen LogP contribution in [0.3, 0.4) is 0 Å². The average Bonchev–Trinajstić information content (AvgIpc) is 2.29. The molecule has 0 amide bonds. The van der Waals surface area contributed by atoms with E-state index < -0.39 is 20.9 Å². The first-order valence-corrected chi connectivity index (χ1v) is 7.24. The van der Waals surface area contributed by atoms with Crippen molar-refractivity contribution in [1.29, 1.82) is 5.26 Å². The van der Waals surface area contributed by atoms with Gasteiger partial charge in [0.1, 0.15) is 17.4 Å². The topological polar surface area (TPSA) is 70.0 Å². The maximum absolute atomic E-state index is 13.3. The van der Waals surface area contributed by atoms with Crippen LogP contribution in [-0.4, -0.2) is 26.0 Å². The van der Waals surface area contributed by atoms with E-state index in [1.165, 1.54) is 12.1 Å². The molecule has 0 saturated heterocycles. The van der Waals surface area contributed by atoms with Gasteiger partial charge in [-0.25, -0.2) is 12.8 Å². The molecule has 0 saturated carbocycles. The number of hydrogen-bond donors (Lipinski definition) is 1. The minimum Gasteiger partial charge on any atom is -0.383 e. The summed E-state index contributed by atoms with van der Waals surface area (Å²) in [5.41, 5.74) is 0.218.